The van der Waals surface area contributed by atoms with Gasteiger partial charge in [-0.25, -0.2) is 9.97 Å². The van der Waals surface area contributed by atoms with Crippen molar-refractivity contribution in [2.24, 2.45) is 11.8 Å². The van der Waals surface area contributed by atoms with Crippen molar-refractivity contribution in [1.29, 1.82) is 0 Å². The largest absolute Gasteiger partial charge is 0.367 e. The lowest BCUT2D eigenvalue weighted by molar-refractivity contribution is 0.260. The summed E-state index contributed by atoms with van der Waals surface area (Å²) in [6, 6.07) is 2.58. The zero-order chi connectivity index (χ0) is 13.4. The summed E-state index contributed by atoms with van der Waals surface area (Å²) in [6.45, 7) is 4.73. The summed E-state index contributed by atoms with van der Waals surface area (Å²) in [6.07, 6.45) is 6.32. The minimum absolute atomic E-state index is 0.569. The highest BCUT2D eigenvalue weighted by molar-refractivity contribution is 9.10. The van der Waals surface area contributed by atoms with Gasteiger partial charge in [0.2, 0.25) is 0 Å². The molecular formula is C15H22BrN3. The molecule has 0 radical (unpaired) electrons. The molecule has 3 nitrogen and oxygen atoms in total. The highest BCUT2D eigenvalue weighted by Gasteiger charge is 2.28. The van der Waals surface area contributed by atoms with Crippen molar-refractivity contribution in [2.75, 3.05) is 5.32 Å². The number of hydrogen-bond donors (Lipinski definition) is 1. The molecular weight excluding hydrogens is 302 g/mol. The van der Waals surface area contributed by atoms with E-state index in [9.17, 15) is 0 Å². The molecule has 4 heteroatoms. The molecule has 2 aliphatic rings. The monoisotopic (exact) mass is 323 g/mol. The Bertz CT molecular complexity index is 459. The first-order chi connectivity index (χ1) is 9.11. The molecule has 0 amide bonds. The molecule has 1 aromatic heterocycles. The van der Waals surface area contributed by atoms with Crippen LogP contribution in [0.15, 0.2) is 10.7 Å². The molecule has 2 saturated carbocycles. The molecule has 0 saturated heterocycles. The van der Waals surface area contributed by atoms with Crippen LogP contribution in [0.5, 0.6) is 0 Å². The van der Waals surface area contributed by atoms with E-state index in [4.69, 9.17) is 0 Å². The highest BCUT2D eigenvalue weighted by Crippen LogP contribution is 2.39. The van der Waals surface area contributed by atoms with E-state index in [1.165, 1.54) is 32.1 Å². The summed E-state index contributed by atoms with van der Waals surface area (Å²) in [7, 11) is 0. The number of rotatable bonds is 3. The standard InChI is InChI=1S/C15H22BrN3/c1-9-3-6-12(7-10(9)2)17-14-8-13(16)18-15(19-14)11-4-5-11/h8-12H,3-7H2,1-2H3,(H,17,18,19). The van der Waals surface area contributed by atoms with Crippen LogP contribution in [0, 0.1) is 11.8 Å². The van der Waals surface area contributed by atoms with Gasteiger partial charge in [0.1, 0.15) is 16.2 Å². The first-order valence-electron chi connectivity index (χ1n) is 7.43. The summed E-state index contributed by atoms with van der Waals surface area (Å²) < 4.78 is 0.907. The van der Waals surface area contributed by atoms with E-state index in [1.807, 2.05) is 6.07 Å². The lowest BCUT2D eigenvalue weighted by atomic mass is 9.79. The van der Waals surface area contributed by atoms with Gasteiger partial charge in [0, 0.05) is 18.0 Å². The number of nitrogens with zero attached hydrogens (tertiary/aromatic N) is 2. The summed E-state index contributed by atoms with van der Waals surface area (Å²) >= 11 is 3.50. The Labute approximate surface area is 123 Å². The van der Waals surface area contributed by atoms with Gasteiger partial charge in [0.05, 0.1) is 0 Å². The van der Waals surface area contributed by atoms with E-state index >= 15 is 0 Å². The Balaban J connectivity index is 1.69. The molecule has 0 bridgehead atoms. The first kappa shape index (κ1) is 13.3. The number of aromatic nitrogens is 2. The van der Waals surface area contributed by atoms with Gasteiger partial charge in [-0.05, 0) is 59.9 Å². The predicted octanol–water partition coefficient (Wildman–Crippen LogP) is 4.35. The Kier molecular flexibility index (Phi) is 3.79. The molecule has 2 aliphatic carbocycles. The summed E-state index contributed by atoms with van der Waals surface area (Å²) in [4.78, 5) is 9.16. The van der Waals surface area contributed by atoms with Gasteiger partial charge in [-0.15, -0.1) is 0 Å². The van der Waals surface area contributed by atoms with Crippen molar-refractivity contribution in [3.05, 3.63) is 16.5 Å². The van der Waals surface area contributed by atoms with Crippen molar-refractivity contribution < 1.29 is 0 Å². The summed E-state index contributed by atoms with van der Waals surface area (Å²) in [5.74, 6) is 4.27. The molecule has 3 atom stereocenters. The third-order valence-corrected chi connectivity index (χ3v) is 5.01. The van der Waals surface area contributed by atoms with Gasteiger partial charge < -0.3 is 5.32 Å². The molecule has 2 fully saturated rings. The third kappa shape index (κ3) is 3.28. The van der Waals surface area contributed by atoms with Crippen LogP contribution in [0.1, 0.15) is 57.7 Å². The van der Waals surface area contributed by atoms with Crippen molar-refractivity contribution in [1.82, 2.24) is 9.97 Å². The summed E-state index contributed by atoms with van der Waals surface area (Å²) in [5, 5.41) is 3.61. The van der Waals surface area contributed by atoms with Crippen molar-refractivity contribution in [3.63, 3.8) is 0 Å². The number of anilines is 1. The Morgan fingerprint density at radius 3 is 2.58 bits per heavy atom. The SMILES string of the molecule is CC1CCC(Nc2cc(Br)nc(C3CC3)n2)CC1C. The topological polar surface area (TPSA) is 37.8 Å². The molecule has 0 aromatic carbocycles. The van der Waals surface area contributed by atoms with Gasteiger partial charge in [-0.1, -0.05) is 13.8 Å². The van der Waals surface area contributed by atoms with E-state index in [1.54, 1.807) is 0 Å². The predicted molar refractivity (Wildman–Crippen MR) is 81.3 cm³/mol. The van der Waals surface area contributed by atoms with Crippen LogP contribution >= 0.6 is 15.9 Å². The van der Waals surface area contributed by atoms with Crippen LogP contribution in [0.25, 0.3) is 0 Å². The van der Waals surface area contributed by atoms with E-state index in [0.717, 1.165) is 28.1 Å². The van der Waals surface area contributed by atoms with E-state index in [0.29, 0.717) is 12.0 Å². The maximum atomic E-state index is 4.68. The Morgan fingerprint density at radius 2 is 1.89 bits per heavy atom. The molecule has 19 heavy (non-hydrogen) atoms. The second-order valence-corrected chi connectivity index (χ2v) is 7.13. The number of hydrogen-bond acceptors (Lipinski definition) is 3. The van der Waals surface area contributed by atoms with Crippen molar-refractivity contribution in [2.45, 2.75) is 57.9 Å². The summed E-state index contributed by atoms with van der Waals surface area (Å²) in [5.41, 5.74) is 0. The van der Waals surface area contributed by atoms with Crippen LogP contribution < -0.4 is 5.32 Å². The van der Waals surface area contributed by atoms with E-state index in [2.05, 4.69) is 45.1 Å². The van der Waals surface area contributed by atoms with E-state index < -0.39 is 0 Å². The number of halogens is 1. The zero-order valence-corrected chi connectivity index (χ0v) is 13.3. The van der Waals surface area contributed by atoms with Gasteiger partial charge >= 0.3 is 0 Å². The minimum atomic E-state index is 0.569. The van der Waals surface area contributed by atoms with Crippen LogP contribution in [-0.2, 0) is 0 Å². The van der Waals surface area contributed by atoms with Gasteiger partial charge in [-0.2, -0.15) is 0 Å². The fraction of sp³-hybridized carbons (Fsp3) is 0.733. The van der Waals surface area contributed by atoms with E-state index in [-0.39, 0.29) is 0 Å². The van der Waals surface area contributed by atoms with Crippen molar-refractivity contribution >= 4 is 21.7 Å². The molecule has 3 rings (SSSR count). The molecule has 104 valence electrons. The molecule has 1 aromatic rings. The lowest BCUT2D eigenvalue weighted by Crippen LogP contribution is -2.30. The normalized spacial score (nSPS) is 31.2. The molecule has 1 N–H and O–H groups in total. The van der Waals surface area contributed by atoms with Gasteiger partial charge in [0.25, 0.3) is 0 Å². The average molecular weight is 324 g/mol. The van der Waals surface area contributed by atoms with Crippen LogP contribution in [0.3, 0.4) is 0 Å². The van der Waals surface area contributed by atoms with Gasteiger partial charge in [-0.3, -0.25) is 0 Å². The maximum Gasteiger partial charge on any atom is 0.135 e. The molecule has 0 spiro atoms. The first-order valence-corrected chi connectivity index (χ1v) is 8.22. The minimum Gasteiger partial charge on any atom is -0.367 e. The smallest absolute Gasteiger partial charge is 0.135 e. The fourth-order valence-corrected chi connectivity index (χ4v) is 3.32. The molecule has 0 aliphatic heterocycles. The second-order valence-electron chi connectivity index (χ2n) is 6.32. The average Bonchev–Trinajstić information content (AvgIpc) is 3.17. The maximum absolute atomic E-state index is 4.68. The quantitative estimate of drug-likeness (QED) is 0.840. The Hall–Kier alpha value is -0.640. The fourth-order valence-electron chi connectivity index (χ4n) is 2.92. The van der Waals surface area contributed by atoms with Crippen LogP contribution in [-0.4, -0.2) is 16.0 Å². The lowest BCUT2D eigenvalue weighted by Gasteiger charge is -2.32. The second kappa shape index (κ2) is 5.39. The van der Waals surface area contributed by atoms with Crippen LogP contribution in [0.2, 0.25) is 0 Å². The number of nitrogens with one attached hydrogen (secondary N) is 1. The Morgan fingerprint density at radius 1 is 1.11 bits per heavy atom. The molecule has 1 heterocycles. The molecule has 3 unspecified atom stereocenters. The van der Waals surface area contributed by atoms with Crippen molar-refractivity contribution in [3.8, 4) is 0 Å². The highest BCUT2D eigenvalue weighted by atomic mass is 79.9. The third-order valence-electron chi connectivity index (χ3n) is 4.60. The van der Waals surface area contributed by atoms with Crippen LogP contribution in [0.4, 0.5) is 5.82 Å². The van der Waals surface area contributed by atoms with Gasteiger partial charge in [0.15, 0.2) is 0 Å². The zero-order valence-electron chi connectivity index (χ0n) is 11.7.